The summed E-state index contributed by atoms with van der Waals surface area (Å²) in [6, 6.07) is 10.4. The molecule has 5 nitrogen and oxygen atoms in total. The molecule has 0 aromatic heterocycles. The molecular weight excluding hydrogens is 326 g/mol. The van der Waals surface area contributed by atoms with Crippen molar-refractivity contribution in [1.29, 1.82) is 0 Å². The van der Waals surface area contributed by atoms with Gasteiger partial charge in [0.05, 0.1) is 0 Å². The molecule has 142 valence electrons. The van der Waals surface area contributed by atoms with E-state index in [9.17, 15) is 9.59 Å². The zero-order chi connectivity index (χ0) is 18.9. The second-order valence-electron chi connectivity index (χ2n) is 7.05. The van der Waals surface area contributed by atoms with Gasteiger partial charge in [0.15, 0.2) is 0 Å². The maximum absolute atomic E-state index is 12.4. The first-order chi connectivity index (χ1) is 12.5. The number of hydrogen-bond donors (Lipinski definition) is 0. The summed E-state index contributed by atoms with van der Waals surface area (Å²) < 4.78 is 0. The van der Waals surface area contributed by atoms with Gasteiger partial charge in [-0.25, -0.2) is 0 Å². The first kappa shape index (κ1) is 20.2. The number of nitrogens with zero attached hydrogens (tertiary/aromatic N) is 3. The number of carbonyl (C=O) groups excluding carboxylic acids is 2. The third kappa shape index (κ3) is 6.30. The molecular formula is C21H31N3O2. The Morgan fingerprint density at radius 3 is 2.35 bits per heavy atom. The highest BCUT2D eigenvalue weighted by atomic mass is 16.2. The van der Waals surface area contributed by atoms with Crippen LogP contribution in [0.2, 0.25) is 0 Å². The smallest absolute Gasteiger partial charge is 0.224 e. The molecule has 0 saturated carbocycles. The van der Waals surface area contributed by atoms with Gasteiger partial charge in [0.1, 0.15) is 0 Å². The molecule has 26 heavy (non-hydrogen) atoms. The molecule has 0 atom stereocenters. The predicted octanol–water partition coefficient (Wildman–Crippen LogP) is 2.49. The number of amides is 2. The van der Waals surface area contributed by atoms with E-state index in [0.717, 1.165) is 32.7 Å². The normalized spacial score (nSPS) is 15.6. The van der Waals surface area contributed by atoms with E-state index in [1.54, 1.807) is 11.8 Å². The molecule has 0 aliphatic carbocycles. The first-order valence-corrected chi connectivity index (χ1v) is 9.46. The van der Waals surface area contributed by atoms with Crippen molar-refractivity contribution < 1.29 is 9.59 Å². The second-order valence-corrected chi connectivity index (χ2v) is 7.05. The summed E-state index contributed by atoms with van der Waals surface area (Å²) >= 11 is 0. The van der Waals surface area contributed by atoms with Crippen molar-refractivity contribution in [1.82, 2.24) is 14.7 Å². The molecule has 0 bridgehead atoms. The standard InChI is InChI=1S/C21H31N3O2/c1-18(2)24(19(3)25)13-11-21(26)23-16-14-22(15-17-23)12-7-10-20-8-5-4-6-9-20/h4-10,18H,11-17H2,1-3H3/b10-7+. The van der Waals surface area contributed by atoms with E-state index < -0.39 is 0 Å². The van der Waals surface area contributed by atoms with E-state index in [4.69, 9.17) is 0 Å². The Morgan fingerprint density at radius 1 is 1.12 bits per heavy atom. The fourth-order valence-electron chi connectivity index (χ4n) is 3.24. The quantitative estimate of drug-likeness (QED) is 0.753. The van der Waals surface area contributed by atoms with Crippen LogP contribution in [0, 0.1) is 0 Å². The van der Waals surface area contributed by atoms with Crippen molar-refractivity contribution in [2.45, 2.75) is 33.2 Å². The van der Waals surface area contributed by atoms with Crippen LogP contribution in [-0.2, 0) is 9.59 Å². The van der Waals surface area contributed by atoms with Crippen molar-refractivity contribution in [3.05, 3.63) is 42.0 Å². The highest BCUT2D eigenvalue weighted by Gasteiger charge is 2.22. The zero-order valence-corrected chi connectivity index (χ0v) is 16.2. The number of rotatable bonds is 7. The number of benzene rings is 1. The number of piperazine rings is 1. The fourth-order valence-corrected chi connectivity index (χ4v) is 3.24. The molecule has 1 aliphatic heterocycles. The third-order valence-corrected chi connectivity index (χ3v) is 4.79. The Bertz CT molecular complexity index is 605. The van der Waals surface area contributed by atoms with Gasteiger partial charge < -0.3 is 9.80 Å². The van der Waals surface area contributed by atoms with Crippen LogP contribution in [0.25, 0.3) is 6.08 Å². The van der Waals surface area contributed by atoms with Crippen LogP contribution < -0.4 is 0 Å². The molecule has 1 aliphatic rings. The van der Waals surface area contributed by atoms with Gasteiger partial charge in [0.25, 0.3) is 0 Å². The molecule has 5 heteroatoms. The summed E-state index contributed by atoms with van der Waals surface area (Å²) in [7, 11) is 0. The molecule has 1 aromatic carbocycles. The summed E-state index contributed by atoms with van der Waals surface area (Å²) in [6.07, 6.45) is 4.73. The summed E-state index contributed by atoms with van der Waals surface area (Å²) in [5, 5.41) is 0. The van der Waals surface area contributed by atoms with Crippen LogP contribution in [0.3, 0.4) is 0 Å². The van der Waals surface area contributed by atoms with Crippen molar-refractivity contribution >= 4 is 17.9 Å². The highest BCUT2D eigenvalue weighted by molar-refractivity contribution is 5.78. The minimum atomic E-state index is 0.0304. The molecule has 1 saturated heterocycles. The lowest BCUT2D eigenvalue weighted by atomic mass is 10.2. The molecule has 2 rings (SSSR count). The van der Waals surface area contributed by atoms with E-state index in [-0.39, 0.29) is 17.9 Å². The molecule has 0 radical (unpaired) electrons. The highest BCUT2D eigenvalue weighted by Crippen LogP contribution is 2.07. The van der Waals surface area contributed by atoms with Gasteiger partial charge in [-0.3, -0.25) is 14.5 Å². The SMILES string of the molecule is CC(=O)N(CCC(=O)N1CCN(C/C=C/c2ccccc2)CC1)C(C)C. The van der Waals surface area contributed by atoms with Crippen LogP contribution in [0.15, 0.2) is 36.4 Å². The van der Waals surface area contributed by atoms with Gasteiger partial charge in [-0.1, -0.05) is 42.5 Å². The van der Waals surface area contributed by atoms with Crippen LogP contribution >= 0.6 is 0 Å². The summed E-state index contributed by atoms with van der Waals surface area (Å²) in [5.74, 6) is 0.180. The first-order valence-electron chi connectivity index (χ1n) is 9.46. The Labute approximate surface area is 157 Å². The molecule has 2 amide bonds. The Balaban J connectivity index is 1.71. The molecule has 0 unspecified atom stereocenters. The van der Waals surface area contributed by atoms with Gasteiger partial charge in [0.2, 0.25) is 11.8 Å². The van der Waals surface area contributed by atoms with Crippen LogP contribution in [-0.4, -0.2) is 71.8 Å². The maximum Gasteiger partial charge on any atom is 0.224 e. The minimum absolute atomic E-state index is 0.0304. The van der Waals surface area contributed by atoms with E-state index in [1.165, 1.54) is 5.56 Å². The summed E-state index contributed by atoms with van der Waals surface area (Å²) in [4.78, 5) is 30.1. The van der Waals surface area contributed by atoms with Crippen molar-refractivity contribution in [3.8, 4) is 0 Å². The van der Waals surface area contributed by atoms with Gasteiger partial charge in [-0.2, -0.15) is 0 Å². The molecule has 0 spiro atoms. The fraction of sp³-hybridized carbons (Fsp3) is 0.524. The van der Waals surface area contributed by atoms with Crippen molar-refractivity contribution in [3.63, 3.8) is 0 Å². The van der Waals surface area contributed by atoms with Gasteiger partial charge >= 0.3 is 0 Å². The molecule has 1 aromatic rings. The largest absolute Gasteiger partial charge is 0.340 e. The van der Waals surface area contributed by atoms with Gasteiger partial charge in [-0.15, -0.1) is 0 Å². The van der Waals surface area contributed by atoms with Crippen LogP contribution in [0.5, 0.6) is 0 Å². The molecule has 1 heterocycles. The average Bonchev–Trinajstić information content (AvgIpc) is 2.62. The average molecular weight is 357 g/mol. The number of hydrogen-bond acceptors (Lipinski definition) is 3. The molecule has 0 N–H and O–H groups in total. The number of carbonyl (C=O) groups is 2. The Kier molecular flexibility index (Phi) is 7.85. The molecule has 1 fully saturated rings. The lowest BCUT2D eigenvalue weighted by Crippen LogP contribution is -2.49. The predicted molar refractivity (Wildman–Crippen MR) is 106 cm³/mol. The lowest BCUT2D eigenvalue weighted by molar-refractivity contribution is -0.135. The minimum Gasteiger partial charge on any atom is -0.340 e. The summed E-state index contributed by atoms with van der Waals surface area (Å²) in [6.45, 7) is 10.2. The Morgan fingerprint density at radius 2 is 1.77 bits per heavy atom. The zero-order valence-electron chi connectivity index (χ0n) is 16.2. The third-order valence-electron chi connectivity index (χ3n) is 4.79. The summed E-state index contributed by atoms with van der Waals surface area (Å²) in [5.41, 5.74) is 1.21. The Hall–Kier alpha value is -2.14. The maximum atomic E-state index is 12.4. The van der Waals surface area contributed by atoms with Crippen molar-refractivity contribution in [2.75, 3.05) is 39.3 Å². The van der Waals surface area contributed by atoms with Gasteiger partial charge in [-0.05, 0) is 19.4 Å². The van der Waals surface area contributed by atoms with E-state index in [2.05, 4.69) is 29.2 Å². The van der Waals surface area contributed by atoms with Crippen LogP contribution in [0.4, 0.5) is 0 Å². The van der Waals surface area contributed by atoms with Gasteiger partial charge in [0, 0.05) is 58.7 Å². The topological polar surface area (TPSA) is 43.9 Å². The monoisotopic (exact) mass is 357 g/mol. The van der Waals surface area contributed by atoms with Crippen LogP contribution in [0.1, 0.15) is 32.8 Å². The van der Waals surface area contributed by atoms with Crippen molar-refractivity contribution in [2.24, 2.45) is 0 Å². The lowest BCUT2D eigenvalue weighted by Gasteiger charge is -2.35. The van der Waals surface area contributed by atoms with E-state index in [0.29, 0.717) is 13.0 Å². The van der Waals surface area contributed by atoms with E-state index in [1.807, 2.05) is 36.9 Å². The van der Waals surface area contributed by atoms with E-state index >= 15 is 0 Å². The second kappa shape index (κ2) is 10.1.